The van der Waals surface area contributed by atoms with Gasteiger partial charge in [0, 0.05) is 16.8 Å². The second-order valence-corrected chi connectivity index (χ2v) is 7.77. The molecule has 1 aliphatic heterocycles. The highest BCUT2D eigenvalue weighted by molar-refractivity contribution is 6.46. The van der Waals surface area contributed by atoms with Crippen molar-refractivity contribution in [2.75, 3.05) is 17.3 Å². The van der Waals surface area contributed by atoms with E-state index in [1.807, 2.05) is 50.2 Å². The zero-order valence-electron chi connectivity index (χ0n) is 17.4. The lowest BCUT2D eigenvalue weighted by Crippen LogP contribution is -2.32. The summed E-state index contributed by atoms with van der Waals surface area (Å²) >= 11 is 6.12. The predicted octanol–water partition coefficient (Wildman–Crippen LogP) is 5.36. The van der Waals surface area contributed by atoms with E-state index in [1.54, 1.807) is 37.4 Å². The number of benzene rings is 3. The first-order valence-electron chi connectivity index (χ1n) is 9.76. The first kappa shape index (κ1) is 20.7. The molecule has 2 amide bonds. The summed E-state index contributed by atoms with van der Waals surface area (Å²) in [6.45, 7) is 3.98. The molecular formula is C25H21ClN2O3. The predicted molar refractivity (Wildman–Crippen MR) is 123 cm³/mol. The highest BCUT2D eigenvalue weighted by atomic mass is 35.5. The molecule has 0 bridgehead atoms. The van der Waals surface area contributed by atoms with Crippen molar-refractivity contribution >= 4 is 40.4 Å². The Morgan fingerprint density at radius 1 is 0.871 bits per heavy atom. The number of imide groups is 1. The minimum Gasteiger partial charge on any atom is -0.497 e. The van der Waals surface area contributed by atoms with Crippen LogP contribution >= 0.6 is 11.6 Å². The number of hydrogen-bond donors (Lipinski definition) is 1. The molecular weight excluding hydrogens is 412 g/mol. The molecule has 0 unspecified atom stereocenters. The van der Waals surface area contributed by atoms with Crippen molar-refractivity contribution in [2.45, 2.75) is 13.8 Å². The van der Waals surface area contributed by atoms with Gasteiger partial charge in [0.2, 0.25) is 0 Å². The molecule has 1 heterocycles. The van der Waals surface area contributed by atoms with Crippen LogP contribution in [0, 0.1) is 13.8 Å². The number of nitrogens with zero attached hydrogens (tertiary/aromatic N) is 1. The van der Waals surface area contributed by atoms with Gasteiger partial charge in [-0.25, -0.2) is 4.90 Å². The minimum atomic E-state index is -0.441. The Hall–Kier alpha value is -3.57. The average Bonchev–Trinajstić information content (AvgIpc) is 2.99. The van der Waals surface area contributed by atoms with Crippen molar-refractivity contribution < 1.29 is 14.3 Å². The van der Waals surface area contributed by atoms with Crippen LogP contribution in [0.4, 0.5) is 11.4 Å². The molecule has 0 fully saturated rings. The molecule has 3 aromatic rings. The molecule has 0 spiro atoms. The third-order valence-electron chi connectivity index (χ3n) is 5.28. The quantitative estimate of drug-likeness (QED) is 0.551. The number of carbonyl (C=O) groups excluding carboxylic acids is 2. The van der Waals surface area contributed by atoms with Gasteiger partial charge in [0.25, 0.3) is 11.8 Å². The van der Waals surface area contributed by atoms with E-state index in [1.165, 1.54) is 0 Å². The molecule has 0 atom stereocenters. The van der Waals surface area contributed by atoms with E-state index in [0.29, 0.717) is 33.3 Å². The monoisotopic (exact) mass is 432 g/mol. The molecule has 0 radical (unpaired) electrons. The Morgan fingerprint density at radius 2 is 1.65 bits per heavy atom. The van der Waals surface area contributed by atoms with Gasteiger partial charge in [0.05, 0.1) is 18.4 Å². The fraction of sp³-hybridized carbons (Fsp3) is 0.120. The van der Waals surface area contributed by atoms with Crippen molar-refractivity contribution in [2.24, 2.45) is 0 Å². The fourth-order valence-corrected chi connectivity index (χ4v) is 3.69. The number of nitrogens with one attached hydrogen (secondary N) is 1. The first-order valence-corrected chi connectivity index (χ1v) is 10.1. The van der Waals surface area contributed by atoms with Gasteiger partial charge in [-0.3, -0.25) is 9.59 Å². The van der Waals surface area contributed by atoms with Crippen molar-refractivity contribution in [3.63, 3.8) is 0 Å². The summed E-state index contributed by atoms with van der Waals surface area (Å²) in [5, 5.41) is 3.59. The summed E-state index contributed by atoms with van der Waals surface area (Å²) < 4.78 is 5.28. The van der Waals surface area contributed by atoms with E-state index in [0.717, 1.165) is 16.0 Å². The number of amides is 2. The maximum Gasteiger partial charge on any atom is 0.282 e. The van der Waals surface area contributed by atoms with Gasteiger partial charge in [-0.2, -0.15) is 0 Å². The van der Waals surface area contributed by atoms with Crippen molar-refractivity contribution in [3.8, 4) is 5.75 Å². The first-order chi connectivity index (χ1) is 14.9. The number of methoxy groups -OCH3 is 1. The van der Waals surface area contributed by atoms with Crippen molar-refractivity contribution in [1.29, 1.82) is 0 Å². The third-order valence-corrected chi connectivity index (χ3v) is 5.52. The van der Waals surface area contributed by atoms with Gasteiger partial charge in [0.15, 0.2) is 0 Å². The van der Waals surface area contributed by atoms with Crippen LogP contribution in [0.15, 0.2) is 72.4 Å². The number of halogens is 1. The van der Waals surface area contributed by atoms with E-state index in [-0.39, 0.29) is 5.70 Å². The summed E-state index contributed by atoms with van der Waals surface area (Å²) in [7, 11) is 1.57. The SMILES string of the molecule is COc1cccc(NC2=C(c3ccc(C)c(C)c3)C(=O)N(c3cccc(Cl)c3)C2=O)c1. The van der Waals surface area contributed by atoms with Crippen LogP contribution in [0.2, 0.25) is 5.02 Å². The van der Waals surface area contributed by atoms with Crippen LogP contribution in [0.1, 0.15) is 16.7 Å². The van der Waals surface area contributed by atoms with E-state index in [9.17, 15) is 9.59 Å². The van der Waals surface area contributed by atoms with Gasteiger partial charge < -0.3 is 10.1 Å². The van der Waals surface area contributed by atoms with Gasteiger partial charge in [-0.15, -0.1) is 0 Å². The number of ether oxygens (including phenoxy) is 1. The highest BCUT2D eigenvalue weighted by Crippen LogP contribution is 2.35. The van der Waals surface area contributed by atoms with Crippen molar-refractivity contribution in [1.82, 2.24) is 0 Å². The summed E-state index contributed by atoms with van der Waals surface area (Å²) in [6.07, 6.45) is 0. The van der Waals surface area contributed by atoms with Gasteiger partial charge in [-0.1, -0.05) is 41.9 Å². The van der Waals surface area contributed by atoms with Crippen LogP contribution in [-0.2, 0) is 9.59 Å². The largest absolute Gasteiger partial charge is 0.497 e. The smallest absolute Gasteiger partial charge is 0.282 e. The lowest BCUT2D eigenvalue weighted by molar-refractivity contribution is -0.120. The van der Waals surface area contributed by atoms with Crippen LogP contribution in [0.25, 0.3) is 5.57 Å². The number of carbonyl (C=O) groups is 2. The zero-order chi connectivity index (χ0) is 22.1. The lowest BCUT2D eigenvalue weighted by atomic mass is 9.99. The van der Waals surface area contributed by atoms with Crippen molar-refractivity contribution in [3.05, 3.63) is 94.1 Å². The Balaban J connectivity index is 1.85. The molecule has 1 aliphatic rings. The molecule has 156 valence electrons. The number of anilines is 2. The molecule has 0 saturated carbocycles. The molecule has 0 aromatic heterocycles. The summed E-state index contributed by atoms with van der Waals surface area (Å²) in [5.41, 5.74) is 4.41. The zero-order valence-corrected chi connectivity index (χ0v) is 18.2. The van der Waals surface area contributed by atoms with Gasteiger partial charge in [-0.05, 0) is 60.9 Å². The van der Waals surface area contributed by atoms with Crippen LogP contribution in [0.5, 0.6) is 5.75 Å². The third kappa shape index (κ3) is 3.92. The second kappa shape index (κ2) is 8.28. The number of rotatable bonds is 5. The number of hydrogen-bond acceptors (Lipinski definition) is 4. The van der Waals surface area contributed by atoms with E-state index < -0.39 is 11.8 Å². The topological polar surface area (TPSA) is 58.6 Å². The molecule has 4 rings (SSSR count). The van der Waals surface area contributed by atoms with Crippen LogP contribution in [-0.4, -0.2) is 18.9 Å². The highest BCUT2D eigenvalue weighted by Gasteiger charge is 2.40. The number of aryl methyl sites for hydroxylation is 2. The maximum atomic E-state index is 13.5. The van der Waals surface area contributed by atoms with E-state index in [2.05, 4.69) is 5.32 Å². The van der Waals surface area contributed by atoms with Gasteiger partial charge in [0.1, 0.15) is 11.4 Å². The van der Waals surface area contributed by atoms with Crippen LogP contribution < -0.4 is 15.0 Å². The van der Waals surface area contributed by atoms with E-state index >= 15 is 0 Å². The molecule has 5 nitrogen and oxygen atoms in total. The van der Waals surface area contributed by atoms with Crippen LogP contribution in [0.3, 0.4) is 0 Å². The second-order valence-electron chi connectivity index (χ2n) is 7.33. The maximum absolute atomic E-state index is 13.5. The fourth-order valence-electron chi connectivity index (χ4n) is 3.51. The standard InChI is InChI=1S/C25H21ClN2O3/c1-15-10-11-17(12-16(15)2)22-23(27-19-7-5-9-21(14-19)31-3)25(30)28(24(22)29)20-8-4-6-18(26)13-20/h4-14,27H,1-3H3. The Bertz CT molecular complexity index is 1230. The summed E-state index contributed by atoms with van der Waals surface area (Å²) in [4.78, 5) is 28.1. The Labute approximate surface area is 185 Å². The molecule has 0 aliphatic carbocycles. The Morgan fingerprint density at radius 3 is 2.35 bits per heavy atom. The Kier molecular flexibility index (Phi) is 5.53. The molecule has 3 aromatic carbocycles. The molecule has 1 N–H and O–H groups in total. The summed E-state index contributed by atoms with van der Waals surface area (Å²) in [5.74, 6) is -0.203. The van der Waals surface area contributed by atoms with E-state index in [4.69, 9.17) is 16.3 Å². The lowest BCUT2D eigenvalue weighted by Gasteiger charge is -2.15. The average molecular weight is 433 g/mol. The normalized spacial score (nSPS) is 13.7. The molecule has 0 saturated heterocycles. The molecule has 6 heteroatoms. The summed E-state index contributed by atoms with van der Waals surface area (Å²) in [6, 6.07) is 19.6. The van der Waals surface area contributed by atoms with Gasteiger partial charge >= 0.3 is 0 Å². The minimum absolute atomic E-state index is 0.210. The molecule has 31 heavy (non-hydrogen) atoms.